The second kappa shape index (κ2) is 6.95. The van der Waals surface area contributed by atoms with E-state index in [1.807, 2.05) is 0 Å². The SMILES string of the molecule is Cc1cc([B-](F)(F)F)ccc1OCC1CC2CCC1C2.[K+]. The molecule has 0 aliphatic heterocycles. The van der Waals surface area contributed by atoms with Gasteiger partial charge in [-0.3, -0.25) is 0 Å². The maximum Gasteiger partial charge on any atom is 1.00 e. The topological polar surface area (TPSA) is 9.23 Å². The Balaban J connectivity index is 0.00000161. The van der Waals surface area contributed by atoms with Gasteiger partial charge in [0, 0.05) is 0 Å². The van der Waals surface area contributed by atoms with E-state index in [1.54, 1.807) is 6.92 Å². The van der Waals surface area contributed by atoms with E-state index in [-0.39, 0.29) is 51.4 Å². The van der Waals surface area contributed by atoms with Gasteiger partial charge in [0.25, 0.3) is 0 Å². The zero-order valence-electron chi connectivity index (χ0n) is 12.6. The molecule has 1 aromatic rings. The fraction of sp³-hybridized carbons (Fsp3) is 0.600. The molecule has 2 aliphatic carbocycles. The van der Waals surface area contributed by atoms with Gasteiger partial charge in [-0.25, -0.2) is 0 Å². The molecule has 1 nitrogen and oxygen atoms in total. The van der Waals surface area contributed by atoms with E-state index < -0.39 is 12.4 Å². The van der Waals surface area contributed by atoms with Crippen LogP contribution in [-0.2, 0) is 0 Å². The first-order chi connectivity index (χ1) is 9.43. The van der Waals surface area contributed by atoms with Crippen LogP contribution in [0, 0.1) is 24.7 Å². The molecule has 1 aromatic carbocycles. The van der Waals surface area contributed by atoms with Crippen molar-refractivity contribution in [3.63, 3.8) is 0 Å². The Hall–Kier alpha value is 0.511. The molecule has 2 fully saturated rings. The average molecular weight is 322 g/mol. The second-order valence-corrected chi connectivity index (χ2v) is 6.35. The van der Waals surface area contributed by atoms with Crippen LogP contribution >= 0.6 is 0 Å². The zero-order valence-corrected chi connectivity index (χ0v) is 15.7. The van der Waals surface area contributed by atoms with Crippen LogP contribution in [0.15, 0.2) is 18.2 Å². The maximum absolute atomic E-state index is 12.7. The Bertz CT molecular complexity index is 506. The van der Waals surface area contributed by atoms with Crippen LogP contribution in [0.2, 0.25) is 0 Å². The third-order valence-corrected chi connectivity index (χ3v) is 4.91. The van der Waals surface area contributed by atoms with Gasteiger partial charge in [-0.2, -0.15) is 0 Å². The summed E-state index contributed by atoms with van der Waals surface area (Å²) >= 11 is 0. The average Bonchev–Trinajstić information content (AvgIpc) is 2.98. The largest absolute Gasteiger partial charge is 1.00 e. The number of rotatable bonds is 4. The fourth-order valence-corrected chi connectivity index (χ4v) is 3.82. The van der Waals surface area contributed by atoms with Gasteiger partial charge in [-0.15, -0.1) is 5.46 Å². The normalized spacial score (nSPS) is 27.5. The molecule has 2 bridgehead atoms. The van der Waals surface area contributed by atoms with Crippen molar-refractivity contribution in [2.24, 2.45) is 17.8 Å². The molecule has 3 atom stereocenters. The molecule has 0 aromatic heterocycles. The minimum atomic E-state index is -4.92. The first-order valence-corrected chi connectivity index (χ1v) is 7.37. The molecular formula is C15H19BF3KO. The van der Waals surface area contributed by atoms with Gasteiger partial charge < -0.3 is 17.7 Å². The van der Waals surface area contributed by atoms with Gasteiger partial charge in [0.2, 0.25) is 0 Å². The van der Waals surface area contributed by atoms with Crippen LogP contribution in [0.3, 0.4) is 0 Å². The molecule has 21 heavy (non-hydrogen) atoms. The van der Waals surface area contributed by atoms with Crippen molar-refractivity contribution in [1.29, 1.82) is 0 Å². The molecule has 0 saturated heterocycles. The molecule has 0 radical (unpaired) electrons. The molecule has 3 unspecified atom stereocenters. The van der Waals surface area contributed by atoms with Crippen LogP contribution in [0.5, 0.6) is 5.75 Å². The van der Waals surface area contributed by atoms with Gasteiger partial charge in [0.05, 0.1) is 6.61 Å². The molecule has 6 heteroatoms. The fourth-order valence-electron chi connectivity index (χ4n) is 3.82. The first-order valence-electron chi connectivity index (χ1n) is 7.37. The maximum atomic E-state index is 12.7. The zero-order chi connectivity index (χ0) is 14.3. The van der Waals surface area contributed by atoms with Crippen molar-refractivity contribution in [1.82, 2.24) is 0 Å². The Morgan fingerprint density at radius 2 is 1.95 bits per heavy atom. The van der Waals surface area contributed by atoms with Crippen molar-refractivity contribution in [3.8, 4) is 5.75 Å². The standard InChI is InChI=1S/C15H19BF3O.K/c1-10-6-14(16(17,18)19)4-5-15(10)20-9-13-8-11-2-3-12(13)7-11;/h4-6,11-13H,2-3,7-9H2,1H3;/q-1;+1. The van der Waals surface area contributed by atoms with Crippen LogP contribution in [-0.4, -0.2) is 13.6 Å². The Morgan fingerprint density at radius 3 is 2.48 bits per heavy atom. The van der Waals surface area contributed by atoms with Gasteiger partial charge in [-0.1, -0.05) is 18.6 Å². The Labute approximate surface area is 166 Å². The number of hydrogen-bond acceptors (Lipinski definition) is 1. The van der Waals surface area contributed by atoms with Crippen molar-refractivity contribution in [2.45, 2.75) is 32.6 Å². The second-order valence-electron chi connectivity index (χ2n) is 6.35. The van der Waals surface area contributed by atoms with Crippen LogP contribution < -0.4 is 61.6 Å². The monoisotopic (exact) mass is 322 g/mol. The van der Waals surface area contributed by atoms with Crippen LogP contribution in [0.25, 0.3) is 0 Å². The van der Waals surface area contributed by atoms with Crippen LogP contribution in [0.4, 0.5) is 12.9 Å². The summed E-state index contributed by atoms with van der Waals surface area (Å²) in [5, 5.41) is 0. The third-order valence-electron chi connectivity index (χ3n) is 4.91. The summed E-state index contributed by atoms with van der Waals surface area (Å²) in [4.78, 5) is 0. The van der Waals surface area contributed by atoms with Crippen molar-refractivity contribution in [2.75, 3.05) is 6.61 Å². The Morgan fingerprint density at radius 1 is 1.19 bits per heavy atom. The van der Waals surface area contributed by atoms with Gasteiger partial charge >= 0.3 is 58.4 Å². The van der Waals surface area contributed by atoms with E-state index in [9.17, 15) is 12.9 Å². The molecule has 2 aliphatic rings. The molecular weight excluding hydrogens is 303 g/mol. The minimum absolute atomic E-state index is 0. The summed E-state index contributed by atoms with van der Waals surface area (Å²) in [5.41, 5.74) is 0.0274. The van der Waals surface area contributed by atoms with Gasteiger partial charge in [-0.05, 0) is 55.6 Å². The van der Waals surface area contributed by atoms with E-state index in [0.717, 1.165) is 17.9 Å². The van der Waals surface area contributed by atoms with Gasteiger partial charge in [0.1, 0.15) is 5.75 Å². The molecule has 0 spiro atoms. The minimum Gasteiger partial charge on any atom is -0.493 e. The third kappa shape index (κ3) is 4.08. The number of aryl methyl sites for hydroxylation is 1. The number of ether oxygens (including phenoxy) is 1. The molecule has 0 amide bonds. The number of halogens is 3. The summed E-state index contributed by atoms with van der Waals surface area (Å²) in [6, 6.07) is 3.78. The van der Waals surface area contributed by atoms with E-state index in [0.29, 0.717) is 23.8 Å². The predicted octanol–water partition coefficient (Wildman–Crippen LogP) is 0.868. The van der Waals surface area contributed by atoms with Crippen LogP contribution in [0.1, 0.15) is 31.2 Å². The van der Waals surface area contributed by atoms with Crippen molar-refractivity contribution in [3.05, 3.63) is 23.8 Å². The quantitative estimate of drug-likeness (QED) is 0.748. The molecule has 0 heterocycles. The molecule has 2 saturated carbocycles. The van der Waals surface area contributed by atoms with E-state index >= 15 is 0 Å². The van der Waals surface area contributed by atoms with E-state index in [1.165, 1.54) is 37.8 Å². The smallest absolute Gasteiger partial charge is 0.493 e. The van der Waals surface area contributed by atoms with Crippen molar-refractivity contribution >= 4 is 12.4 Å². The molecule has 110 valence electrons. The van der Waals surface area contributed by atoms with Gasteiger partial charge in [0.15, 0.2) is 0 Å². The summed E-state index contributed by atoms with van der Waals surface area (Å²) in [6.45, 7) is -2.59. The van der Waals surface area contributed by atoms with E-state index in [4.69, 9.17) is 4.74 Å². The molecule has 0 N–H and O–H groups in total. The summed E-state index contributed by atoms with van der Waals surface area (Å²) in [7, 11) is 0. The summed E-state index contributed by atoms with van der Waals surface area (Å²) < 4.78 is 43.7. The number of hydrogen-bond donors (Lipinski definition) is 0. The van der Waals surface area contributed by atoms with Crippen molar-refractivity contribution < 1.29 is 69.1 Å². The molecule has 3 rings (SSSR count). The predicted molar refractivity (Wildman–Crippen MR) is 74.3 cm³/mol. The Kier molecular flexibility index (Phi) is 5.91. The first kappa shape index (κ1) is 17.9. The number of fused-ring (bicyclic) bond motifs is 2. The van der Waals surface area contributed by atoms with E-state index in [2.05, 4.69) is 0 Å². The summed E-state index contributed by atoms with van der Waals surface area (Å²) in [5.74, 6) is 2.83. The number of benzene rings is 1. The summed E-state index contributed by atoms with van der Waals surface area (Å²) in [6.07, 6.45) is 5.20.